The average Bonchev–Trinajstić information content (AvgIpc) is 3.81. The highest BCUT2D eigenvalue weighted by atomic mass is 32.1. The summed E-state index contributed by atoms with van der Waals surface area (Å²) in [6.07, 6.45) is 4.10. The van der Waals surface area contributed by atoms with Crippen molar-refractivity contribution in [1.29, 1.82) is 0 Å². The number of methoxy groups -OCH3 is 1. The predicted octanol–water partition coefficient (Wildman–Crippen LogP) is 6.31. The first-order valence-corrected chi connectivity index (χ1v) is 21.6. The third-order valence-corrected chi connectivity index (χ3v) is 11.8. The highest BCUT2D eigenvalue weighted by Crippen LogP contribution is 2.42. The normalized spacial score (nSPS) is 17.7. The molecular weight excluding hydrogens is 789 g/mol. The van der Waals surface area contributed by atoms with Crippen LogP contribution in [-0.4, -0.2) is 112 Å². The average molecular weight is 849 g/mol. The zero-order valence-electron chi connectivity index (χ0n) is 35.8. The Morgan fingerprint density at radius 2 is 1.88 bits per heavy atom. The van der Waals surface area contributed by atoms with Crippen LogP contribution in [0.2, 0.25) is 0 Å². The molecule has 4 N–H and O–H groups in total. The fourth-order valence-electron chi connectivity index (χ4n) is 7.72. The van der Waals surface area contributed by atoms with Gasteiger partial charge in [0.1, 0.15) is 17.7 Å². The standard InChI is InChI=1S/C44H60N6O9S/c1-27(56-7)38-30(10-8-16-45-38)39-32(24-44(5,6)26-51)31-22-28(12-13-36(31)49(39)18-21-58-29-14-19-57-20-15-29)35-25-60-37(46-35)23-34(47-42(55)59-43(2,3)4)40(52)50-17-9-11-33(48-50)41(53)54/h8,10,12-13,16,22,25,27,29,33-34,48,51H,9,11,14-15,17-21,23-24,26H2,1-7H3,(H,47,55)(H,53,54)/t27-,33?,34?/m0/s1. The van der Waals surface area contributed by atoms with Crippen LogP contribution >= 0.6 is 11.3 Å². The number of carbonyl (C=O) groups excluding carboxylic acids is 2. The van der Waals surface area contributed by atoms with Gasteiger partial charge < -0.3 is 39.0 Å². The van der Waals surface area contributed by atoms with Crippen molar-refractivity contribution in [2.24, 2.45) is 5.41 Å². The van der Waals surface area contributed by atoms with E-state index in [1.165, 1.54) is 16.3 Å². The molecule has 0 spiro atoms. The van der Waals surface area contributed by atoms with E-state index in [9.17, 15) is 24.6 Å². The molecular formula is C44H60N6O9S. The molecule has 2 fully saturated rings. The van der Waals surface area contributed by atoms with E-state index in [1.807, 2.05) is 24.4 Å². The molecule has 0 radical (unpaired) electrons. The van der Waals surface area contributed by atoms with Gasteiger partial charge in [0.15, 0.2) is 0 Å². The molecule has 2 saturated heterocycles. The number of alkyl carbamates (subject to hydrolysis) is 1. The number of pyridine rings is 1. The maximum absolute atomic E-state index is 13.9. The molecule has 3 aromatic heterocycles. The number of fused-ring (bicyclic) bond motifs is 1. The second kappa shape index (κ2) is 19.5. The van der Waals surface area contributed by atoms with E-state index in [0.29, 0.717) is 62.9 Å². The fraction of sp³-hybridized carbons (Fsp3) is 0.568. The lowest BCUT2D eigenvalue weighted by Crippen LogP contribution is -2.60. The van der Waals surface area contributed by atoms with Gasteiger partial charge >= 0.3 is 12.1 Å². The van der Waals surface area contributed by atoms with E-state index in [2.05, 4.69) is 47.4 Å². The summed E-state index contributed by atoms with van der Waals surface area (Å²) in [5.74, 6) is -1.53. The Morgan fingerprint density at radius 1 is 1.12 bits per heavy atom. The molecule has 60 heavy (non-hydrogen) atoms. The zero-order chi connectivity index (χ0) is 43.2. The number of aliphatic hydroxyl groups is 1. The molecule has 16 heteroatoms. The van der Waals surface area contributed by atoms with Gasteiger partial charge in [0.05, 0.1) is 40.9 Å². The number of aliphatic hydroxyl groups excluding tert-OH is 1. The van der Waals surface area contributed by atoms with Crippen molar-refractivity contribution in [2.45, 2.75) is 117 Å². The van der Waals surface area contributed by atoms with Crippen molar-refractivity contribution < 1.29 is 43.5 Å². The number of benzene rings is 1. The minimum atomic E-state index is -1.07. The summed E-state index contributed by atoms with van der Waals surface area (Å²) < 4.78 is 25.6. The smallest absolute Gasteiger partial charge is 0.408 e. The van der Waals surface area contributed by atoms with Crippen molar-refractivity contribution in [3.63, 3.8) is 0 Å². The number of thiazole rings is 1. The quantitative estimate of drug-likeness (QED) is 0.0987. The molecule has 4 aromatic rings. The van der Waals surface area contributed by atoms with E-state index < -0.39 is 41.1 Å². The van der Waals surface area contributed by atoms with Crippen LogP contribution in [0, 0.1) is 5.41 Å². The van der Waals surface area contributed by atoms with E-state index in [4.69, 9.17) is 28.9 Å². The topological polar surface area (TPSA) is 187 Å². The van der Waals surface area contributed by atoms with Crippen LogP contribution in [0.15, 0.2) is 41.9 Å². The minimum absolute atomic E-state index is 0.0172. The first kappa shape index (κ1) is 45.1. The number of carboxylic acid groups (broad SMARTS) is 1. The number of amides is 2. The number of aromatic nitrogens is 3. The first-order chi connectivity index (χ1) is 28.6. The molecule has 15 nitrogen and oxygen atoms in total. The number of carbonyl (C=O) groups is 3. The van der Waals surface area contributed by atoms with Gasteiger partial charge in [0, 0.05) is 80.0 Å². The maximum Gasteiger partial charge on any atom is 0.408 e. The lowest BCUT2D eigenvalue weighted by Gasteiger charge is -2.34. The third kappa shape index (κ3) is 11.1. The first-order valence-electron chi connectivity index (χ1n) is 20.8. The molecule has 6 rings (SSSR count). The summed E-state index contributed by atoms with van der Waals surface area (Å²) in [7, 11) is 1.68. The summed E-state index contributed by atoms with van der Waals surface area (Å²) in [5, 5.41) is 27.7. The van der Waals surface area contributed by atoms with Crippen LogP contribution < -0.4 is 10.7 Å². The van der Waals surface area contributed by atoms with Gasteiger partial charge in [0.2, 0.25) is 0 Å². The van der Waals surface area contributed by atoms with E-state index in [-0.39, 0.29) is 25.2 Å². The van der Waals surface area contributed by atoms with Crippen LogP contribution in [0.5, 0.6) is 0 Å². The summed E-state index contributed by atoms with van der Waals surface area (Å²) in [6.45, 7) is 14.0. The van der Waals surface area contributed by atoms with Crippen LogP contribution in [0.1, 0.15) is 89.6 Å². The minimum Gasteiger partial charge on any atom is -0.480 e. The number of rotatable bonds is 16. The Hall–Kier alpha value is -4.45. The van der Waals surface area contributed by atoms with Crippen molar-refractivity contribution in [3.8, 4) is 22.5 Å². The Morgan fingerprint density at radius 3 is 2.58 bits per heavy atom. The van der Waals surface area contributed by atoms with Gasteiger partial charge in [-0.25, -0.2) is 15.2 Å². The summed E-state index contributed by atoms with van der Waals surface area (Å²) in [6, 6.07) is 8.30. The monoisotopic (exact) mass is 848 g/mol. The van der Waals surface area contributed by atoms with E-state index in [1.54, 1.807) is 34.1 Å². The Bertz CT molecular complexity index is 2120. The number of hydrogen-bond acceptors (Lipinski definition) is 12. The largest absolute Gasteiger partial charge is 0.480 e. The van der Waals surface area contributed by atoms with Crippen LogP contribution in [0.4, 0.5) is 4.79 Å². The lowest BCUT2D eigenvalue weighted by molar-refractivity contribution is -0.147. The second-order valence-corrected chi connectivity index (χ2v) is 18.3. The number of ether oxygens (including phenoxy) is 4. The van der Waals surface area contributed by atoms with Gasteiger partial charge in [0.25, 0.3) is 5.91 Å². The lowest BCUT2D eigenvalue weighted by atomic mass is 9.84. The van der Waals surface area contributed by atoms with Crippen LogP contribution in [0.25, 0.3) is 33.4 Å². The SMILES string of the molecule is CO[C@@H](C)c1ncccc1-c1c(CC(C)(C)CO)c2cc(-c3csc(CC(NC(=O)OC(C)(C)C)C(=O)N4CCCC(C(=O)O)N4)n3)ccc2n1CCOC1CCOCC1. The van der Waals surface area contributed by atoms with Gasteiger partial charge in [-0.2, -0.15) is 0 Å². The molecule has 0 aliphatic carbocycles. The van der Waals surface area contributed by atoms with Gasteiger partial charge in [-0.15, -0.1) is 11.3 Å². The molecule has 2 amide bonds. The van der Waals surface area contributed by atoms with E-state index >= 15 is 0 Å². The second-order valence-electron chi connectivity index (χ2n) is 17.4. The Kier molecular flexibility index (Phi) is 14.7. The molecule has 3 atom stereocenters. The molecule has 2 unspecified atom stereocenters. The zero-order valence-corrected chi connectivity index (χ0v) is 36.6. The number of nitrogens with one attached hydrogen (secondary N) is 2. The molecule has 2 aliphatic rings. The van der Waals surface area contributed by atoms with Gasteiger partial charge in [-0.1, -0.05) is 19.9 Å². The summed E-state index contributed by atoms with van der Waals surface area (Å²) in [4.78, 5) is 48.4. The maximum atomic E-state index is 13.9. The highest BCUT2D eigenvalue weighted by molar-refractivity contribution is 7.10. The van der Waals surface area contributed by atoms with Gasteiger partial charge in [-0.3, -0.25) is 19.6 Å². The van der Waals surface area contributed by atoms with Crippen molar-refractivity contribution in [1.82, 2.24) is 30.3 Å². The van der Waals surface area contributed by atoms with Crippen LogP contribution in [0.3, 0.4) is 0 Å². The van der Waals surface area contributed by atoms with Crippen molar-refractivity contribution in [2.75, 3.05) is 40.1 Å². The molecule has 0 saturated carbocycles. The van der Waals surface area contributed by atoms with Gasteiger partial charge in [-0.05, 0) is 95.0 Å². The number of carboxylic acids is 1. The molecule has 2 aliphatic heterocycles. The molecule has 1 aromatic carbocycles. The summed E-state index contributed by atoms with van der Waals surface area (Å²) in [5.41, 5.74) is 7.92. The van der Waals surface area contributed by atoms with Crippen molar-refractivity contribution in [3.05, 3.63) is 58.2 Å². The number of nitrogens with zero attached hydrogens (tertiary/aromatic N) is 4. The molecule has 326 valence electrons. The fourth-order valence-corrected chi connectivity index (χ4v) is 8.57. The highest BCUT2D eigenvalue weighted by Gasteiger charge is 2.34. The summed E-state index contributed by atoms with van der Waals surface area (Å²) >= 11 is 1.37. The third-order valence-electron chi connectivity index (χ3n) is 10.9. The van der Waals surface area contributed by atoms with E-state index in [0.717, 1.165) is 51.8 Å². The Balaban J connectivity index is 1.39. The van der Waals surface area contributed by atoms with Crippen molar-refractivity contribution >= 4 is 40.2 Å². The number of hydrogen-bond donors (Lipinski definition) is 4. The van der Waals surface area contributed by atoms with Crippen LogP contribution in [-0.2, 0) is 47.9 Å². The number of aliphatic carboxylic acids is 1. The molecule has 5 heterocycles. The molecule has 0 bridgehead atoms. The number of hydrazine groups is 1. The predicted molar refractivity (Wildman–Crippen MR) is 228 cm³/mol. The Labute approximate surface area is 355 Å².